The molecule has 0 unspecified atom stereocenters. The number of aromatic nitrogens is 3. The van der Waals surface area contributed by atoms with Gasteiger partial charge in [-0.2, -0.15) is 5.10 Å². The van der Waals surface area contributed by atoms with Crippen LogP contribution in [0.2, 0.25) is 0 Å². The van der Waals surface area contributed by atoms with E-state index in [-0.39, 0.29) is 17.5 Å². The van der Waals surface area contributed by atoms with Gasteiger partial charge in [0.05, 0.1) is 17.7 Å². The highest BCUT2D eigenvalue weighted by atomic mass is 32.2. The number of halogens is 1. The van der Waals surface area contributed by atoms with Crippen molar-refractivity contribution in [2.24, 2.45) is 5.10 Å². The van der Waals surface area contributed by atoms with Crippen LogP contribution in [0.4, 0.5) is 4.39 Å². The molecule has 1 N–H and O–H groups in total. The van der Waals surface area contributed by atoms with Crippen molar-refractivity contribution in [1.82, 2.24) is 20.0 Å². The van der Waals surface area contributed by atoms with Gasteiger partial charge in [-0.3, -0.25) is 4.79 Å². The Hall–Kier alpha value is -3.00. The van der Waals surface area contributed by atoms with Crippen LogP contribution in [-0.2, 0) is 4.79 Å². The molecule has 0 saturated heterocycles. The minimum absolute atomic E-state index is 0.166. The average Bonchev–Trinajstić information content (AvgIpc) is 3.08. The van der Waals surface area contributed by atoms with Crippen LogP contribution in [0.5, 0.6) is 0 Å². The summed E-state index contributed by atoms with van der Waals surface area (Å²) in [6.07, 6.45) is 3.38. The van der Waals surface area contributed by atoms with Crippen molar-refractivity contribution in [2.45, 2.75) is 19.0 Å². The molecule has 8 heteroatoms. The van der Waals surface area contributed by atoms with Crippen LogP contribution < -0.4 is 5.43 Å². The molecule has 0 saturated carbocycles. The zero-order valence-corrected chi connectivity index (χ0v) is 15.7. The van der Waals surface area contributed by atoms with Crippen molar-refractivity contribution < 1.29 is 9.18 Å². The Labute approximate surface area is 160 Å². The molecule has 2 aromatic heterocycles. The van der Waals surface area contributed by atoms with Crippen LogP contribution in [0.3, 0.4) is 0 Å². The molecule has 0 fully saturated rings. The Bertz CT molecular complexity index is 948. The molecule has 27 heavy (non-hydrogen) atoms. The van der Waals surface area contributed by atoms with Gasteiger partial charge in [0.25, 0.3) is 5.91 Å². The number of hydrogen-bond donors (Lipinski definition) is 1. The number of benzene rings is 1. The quantitative estimate of drug-likeness (QED) is 0.307. The number of carbonyl (C=O) groups is 1. The molecule has 1 amide bonds. The van der Waals surface area contributed by atoms with Crippen molar-refractivity contribution >= 4 is 23.9 Å². The van der Waals surface area contributed by atoms with E-state index in [9.17, 15) is 9.18 Å². The van der Waals surface area contributed by atoms with Gasteiger partial charge < -0.3 is 4.57 Å². The predicted molar refractivity (Wildman–Crippen MR) is 104 cm³/mol. The lowest BCUT2D eigenvalue weighted by Crippen LogP contribution is -2.20. The van der Waals surface area contributed by atoms with Gasteiger partial charge >= 0.3 is 0 Å². The second-order valence-corrected chi connectivity index (χ2v) is 6.74. The Morgan fingerprint density at radius 3 is 2.63 bits per heavy atom. The molecule has 0 aliphatic heterocycles. The maximum Gasteiger partial charge on any atom is 0.250 e. The fraction of sp³-hybridized carbons (Fsp3) is 0.158. The van der Waals surface area contributed by atoms with Gasteiger partial charge in [0.1, 0.15) is 5.82 Å². The number of amides is 1. The van der Waals surface area contributed by atoms with Crippen LogP contribution in [0.25, 0.3) is 5.69 Å². The minimum Gasteiger partial charge on any atom is -0.316 e. The molecule has 138 valence electrons. The van der Waals surface area contributed by atoms with Crippen molar-refractivity contribution in [1.29, 1.82) is 0 Å². The van der Waals surface area contributed by atoms with E-state index in [1.165, 1.54) is 23.9 Å². The monoisotopic (exact) mass is 383 g/mol. The third-order valence-electron chi connectivity index (χ3n) is 3.57. The normalized spacial score (nSPS) is 11.1. The zero-order valence-electron chi connectivity index (χ0n) is 14.9. The van der Waals surface area contributed by atoms with E-state index in [0.29, 0.717) is 5.16 Å². The molecule has 3 aromatic rings. The molecular formula is C19H18FN5OS. The van der Waals surface area contributed by atoms with Crippen LogP contribution >= 0.6 is 11.8 Å². The van der Waals surface area contributed by atoms with Gasteiger partial charge in [-0.15, -0.1) is 0 Å². The van der Waals surface area contributed by atoms with Gasteiger partial charge in [0, 0.05) is 23.3 Å². The van der Waals surface area contributed by atoms with Crippen LogP contribution in [0.1, 0.15) is 17.1 Å². The van der Waals surface area contributed by atoms with Gasteiger partial charge in [-0.05, 0) is 56.3 Å². The standard InChI is InChI=1S/C19H18FN5OS/c1-13-10-14(2)23-19(22-13)27-12-18(26)24-21-11-17-4-3-9-25(17)16-7-5-15(20)6-8-16/h3-11H,12H2,1-2H3,(H,24,26). The number of aryl methyl sites for hydroxylation is 2. The first-order valence-electron chi connectivity index (χ1n) is 8.21. The van der Waals surface area contributed by atoms with Crippen molar-refractivity contribution in [2.75, 3.05) is 5.75 Å². The first-order chi connectivity index (χ1) is 13.0. The number of hydrogen-bond acceptors (Lipinski definition) is 5. The summed E-state index contributed by atoms with van der Waals surface area (Å²) in [5, 5.41) is 4.56. The summed E-state index contributed by atoms with van der Waals surface area (Å²) in [4.78, 5) is 20.5. The topological polar surface area (TPSA) is 72.2 Å². The highest BCUT2D eigenvalue weighted by molar-refractivity contribution is 7.99. The first-order valence-corrected chi connectivity index (χ1v) is 9.20. The van der Waals surface area contributed by atoms with E-state index in [1.54, 1.807) is 18.3 Å². The molecule has 0 aliphatic rings. The second-order valence-electron chi connectivity index (χ2n) is 5.79. The Morgan fingerprint density at radius 2 is 1.93 bits per heavy atom. The van der Waals surface area contributed by atoms with Crippen LogP contribution in [0, 0.1) is 19.7 Å². The lowest BCUT2D eigenvalue weighted by Gasteiger charge is -2.06. The molecule has 1 aromatic carbocycles. The third kappa shape index (κ3) is 5.24. The number of thioether (sulfide) groups is 1. The van der Waals surface area contributed by atoms with Gasteiger partial charge in [0.2, 0.25) is 0 Å². The van der Waals surface area contributed by atoms with Gasteiger partial charge in [-0.25, -0.2) is 19.8 Å². The molecule has 3 rings (SSSR count). The third-order valence-corrected chi connectivity index (χ3v) is 4.41. The molecule has 0 radical (unpaired) electrons. The summed E-state index contributed by atoms with van der Waals surface area (Å²) in [5.41, 5.74) is 5.78. The molecule has 0 aliphatic carbocycles. The van der Waals surface area contributed by atoms with E-state index < -0.39 is 0 Å². The summed E-state index contributed by atoms with van der Waals surface area (Å²) >= 11 is 1.26. The smallest absolute Gasteiger partial charge is 0.250 e. The second kappa shape index (κ2) is 8.59. The summed E-state index contributed by atoms with van der Waals surface area (Å²) in [7, 11) is 0. The Balaban J connectivity index is 1.57. The van der Waals surface area contributed by atoms with E-state index in [2.05, 4.69) is 20.5 Å². The summed E-state index contributed by atoms with van der Waals surface area (Å²) < 4.78 is 14.9. The van der Waals surface area contributed by atoms with Crippen molar-refractivity contribution in [3.05, 3.63) is 71.6 Å². The summed E-state index contributed by atoms with van der Waals surface area (Å²) in [6, 6.07) is 11.7. The van der Waals surface area contributed by atoms with Crippen LogP contribution in [-0.4, -0.2) is 32.4 Å². The molecule has 2 heterocycles. The number of rotatable bonds is 6. The summed E-state index contributed by atoms with van der Waals surface area (Å²) in [5.74, 6) is -0.378. The Kier molecular flexibility index (Phi) is 5.97. The predicted octanol–water partition coefficient (Wildman–Crippen LogP) is 3.27. The zero-order chi connectivity index (χ0) is 19.2. The molecule has 0 bridgehead atoms. The maximum atomic E-state index is 13.1. The number of hydrazone groups is 1. The van der Waals surface area contributed by atoms with Crippen LogP contribution in [0.15, 0.2) is 58.9 Å². The van der Waals surface area contributed by atoms with E-state index in [1.807, 2.05) is 42.8 Å². The number of nitrogens with one attached hydrogen (secondary N) is 1. The van der Waals surface area contributed by atoms with E-state index in [4.69, 9.17) is 0 Å². The fourth-order valence-corrected chi connectivity index (χ4v) is 3.17. The lowest BCUT2D eigenvalue weighted by atomic mass is 10.3. The van der Waals surface area contributed by atoms with Gasteiger partial charge in [0.15, 0.2) is 5.16 Å². The van der Waals surface area contributed by atoms with E-state index >= 15 is 0 Å². The largest absolute Gasteiger partial charge is 0.316 e. The molecular weight excluding hydrogens is 365 g/mol. The molecule has 0 atom stereocenters. The van der Waals surface area contributed by atoms with E-state index in [0.717, 1.165) is 22.8 Å². The van der Waals surface area contributed by atoms with Gasteiger partial charge in [-0.1, -0.05) is 11.8 Å². The highest BCUT2D eigenvalue weighted by Crippen LogP contribution is 2.14. The van der Waals surface area contributed by atoms with Crippen molar-refractivity contribution in [3.63, 3.8) is 0 Å². The Morgan fingerprint density at radius 1 is 1.22 bits per heavy atom. The minimum atomic E-state index is -0.293. The summed E-state index contributed by atoms with van der Waals surface area (Å²) in [6.45, 7) is 3.78. The number of nitrogens with zero attached hydrogens (tertiary/aromatic N) is 4. The van der Waals surface area contributed by atoms with Crippen molar-refractivity contribution in [3.8, 4) is 5.69 Å². The number of carbonyl (C=O) groups excluding carboxylic acids is 1. The molecule has 0 spiro atoms. The molecule has 6 nitrogen and oxygen atoms in total. The lowest BCUT2D eigenvalue weighted by molar-refractivity contribution is -0.118. The average molecular weight is 383 g/mol. The highest BCUT2D eigenvalue weighted by Gasteiger charge is 2.06. The SMILES string of the molecule is Cc1cc(C)nc(SCC(=O)NN=Cc2cccn2-c2ccc(F)cc2)n1. The maximum absolute atomic E-state index is 13.1. The first kappa shape index (κ1) is 18.8. The fourth-order valence-electron chi connectivity index (χ4n) is 2.43.